The number of thiophene rings is 1. The third kappa shape index (κ3) is 3.04. The minimum absolute atomic E-state index is 0.0192. The Bertz CT molecular complexity index is 359. The van der Waals surface area contributed by atoms with E-state index in [9.17, 15) is 4.79 Å². The van der Waals surface area contributed by atoms with Gasteiger partial charge in [0.25, 0.3) is 0 Å². The molecule has 1 unspecified atom stereocenters. The summed E-state index contributed by atoms with van der Waals surface area (Å²) < 4.78 is 5.24. The van der Waals surface area contributed by atoms with Crippen LogP contribution >= 0.6 is 11.3 Å². The van der Waals surface area contributed by atoms with Crippen LogP contribution in [0.15, 0.2) is 12.1 Å². The maximum absolute atomic E-state index is 11.7. The zero-order valence-corrected chi connectivity index (χ0v) is 10.1. The Morgan fingerprint density at radius 3 is 3.19 bits per heavy atom. The lowest BCUT2D eigenvalue weighted by atomic mass is 10.2. The van der Waals surface area contributed by atoms with E-state index < -0.39 is 0 Å². The van der Waals surface area contributed by atoms with Crippen LogP contribution in [-0.4, -0.2) is 31.7 Å². The van der Waals surface area contributed by atoms with E-state index in [0.717, 1.165) is 6.54 Å². The molecule has 0 spiro atoms. The minimum atomic E-state index is -0.199. The molecular formula is C11H16N2O2S. The lowest BCUT2D eigenvalue weighted by molar-refractivity contribution is -0.126. The molecular weight excluding hydrogens is 224 g/mol. The molecule has 0 aromatic carbocycles. The first-order chi connectivity index (χ1) is 7.75. The van der Waals surface area contributed by atoms with Gasteiger partial charge >= 0.3 is 0 Å². The highest BCUT2D eigenvalue weighted by Crippen LogP contribution is 2.14. The summed E-state index contributed by atoms with van der Waals surface area (Å²) in [6.45, 7) is 4.57. The maximum Gasteiger partial charge on any atom is 0.239 e. The van der Waals surface area contributed by atoms with Gasteiger partial charge in [-0.15, -0.1) is 11.3 Å². The van der Waals surface area contributed by atoms with Crippen molar-refractivity contribution in [3.05, 3.63) is 21.9 Å². The molecule has 5 heteroatoms. The Hall–Kier alpha value is -0.910. The van der Waals surface area contributed by atoms with Crippen molar-refractivity contribution >= 4 is 17.2 Å². The molecule has 2 N–H and O–H groups in total. The molecule has 0 radical (unpaired) electrons. The highest BCUT2D eigenvalue weighted by atomic mass is 32.1. The molecule has 0 bridgehead atoms. The summed E-state index contributed by atoms with van der Waals surface area (Å²) in [6, 6.07) is 3.91. The van der Waals surface area contributed by atoms with Gasteiger partial charge in [-0.1, -0.05) is 0 Å². The molecule has 4 nitrogen and oxygen atoms in total. The van der Waals surface area contributed by atoms with Crippen LogP contribution in [0.5, 0.6) is 0 Å². The maximum atomic E-state index is 11.7. The lowest BCUT2D eigenvalue weighted by Gasteiger charge is -2.22. The molecule has 1 aromatic rings. The van der Waals surface area contributed by atoms with Crippen molar-refractivity contribution in [2.45, 2.75) is 19.5 Å². The Kier molecular flexibility index (Phi) is 3.93. The van der Waals surface area contributed by atoms with Gasteiger partial charge in [-0.2, -0.15) is 0 Å². The van der Waals surface area contributed by atoms with Crippen molar-refractivity contribution in [2.24, 2.45) is 0 Å². The van der Waals surface area contributed by atoms with E-state index in [-0.39, 0.29) is 11.9 Å². The molecule has 1 aliphatic rings. The normalized spacial score (nSPS) is 20.7. The fourth-order valence-electron chi connectivity index (χ4n) is 1.61. The average molecular weight is 240 g/mol. The van der Waals surface area contributed by atoms with E-state index in [1.807, 2.05) is 6.07 Å². The van der Waals surface area contributed by atoms with Crippen LogP contribution in [0.2, 0.25) is 0 Å². The van der Waals surface area contributed by atoms with E-state index >= 15 is 0 Å². The van der Waals surface area contributed by atoms with Gasteiger partial charge in [-0.3, -0.25) is 4.79 Å². The summed E-state index contributed by atoms with van der Waals surface area (Å²) in [4.78, 5) is 14.2. The highest BCUT2D eigenvalue weighted by molar-refractivity contribution is 7.11. The van der Waals surface area contributed by atoms with Gasteiger partial charge < -0.3 is 15.4 Å². The number of hydrogen-bond donors (Lipinski definition) is 2. The molecule has 1 aromatic heterocycles. The number of nitrogens with one attached hydrogen (secondary N) is 2. The smallest absolute Gasteiger partial charge is 0.239 e. The summed E-state index contributed by atoms with van der Waals surface area (Å²) >= 11 is 1.71. The average Bonchev–Trinajstić information content (AvgIpc) is 2.73. The molecule has 1 amide bonds. The zero-order chi connectivity index (χ0) is 11.4. The predicted octanol–water partition coefficient (Wildman–Crippen LogP) is 0.661. The van der Waals surface area contributed by atoms with Crippen LogP contribution in [-0.2, 0) is 16.1 Å². The van der Waals surface area contributed by atoms with E-state index in [4.69, 9.17) is 4.74 Å². The van der Waals surface area contributed by atoms with Crippen LogP contribution in [0, 0.1) is 6.92 Å². The van der Waals surface area contributed by atoms with E-state index in [0.29, 0.717) is 19.8 Å². The lowest BCUT2D eigenvalue weighted by Crippen LogP contribution is -2.50. The van der Waals surface area contributed by atoms with E-state index in [1.54, 1.807) is 11.3 Å². The molecule has 16 heavy (non-hydrogen) atoms. The minimum Gasteiger partial charge on any atom is -0.378 e. The van der Waals surface area contributed by atoms with Gasteiger partial charge in [0, 0.05) is 16.3 Å². The summed E-state index contributed by atoms with van der Waals surface area (Å²) in [5.74, 6) is 0.0192. The molecule has 1 saturated heterocycles. The van der Waals surface area contributed by atoms with E-state index in [2.05, 4.69) is 23.6 Å². The number of carbonyl (C=O) groups is 1. The Morgan fingerprint density at radius 2 is 2.56 bits per heavy atom. The molecule has 1 fully saturated rings. The number of ether oxygens (including phenoxy) is 1. The number of hydrogen-bond acceptors (Lipinski definition) is 4. The van der Waals surface area contributed by atoms with Gasteiger partial charge in [0.15, 0.2) is 0 Å². The molecule has 1 atom stereocenters. The first-order valence-corrected chi connectivity index (χ1v) is 6.21. The summed E-state index contributed by atoms with van der Waals surface area (Å²) in [5.41, 5.74) is 0. The first-order valence-electron chi connectivity index (χ1n) is 5.40. The zero-order valence-electron chi connectivity index (χ0n) is 9.29. The summed E-state index contributed by atoms with van der Waals surface area (Å²) in [5, 5.41) is 6.04. The third-order valence-electron chi connectivity index (χ3n) is 2.47. The molecule has 88 valence electrons. The van der Waals surface area contributed by atoms with Gasteiger partial charge in [0.1, 0.15) is 6.04 Å². The second-order valence-electron chi connectivity index (χ2n) is 3.81. The molecule has 0 saturated carbocycles. The van der Waals surface area contributed by atoms with Crippen molar-refractivity contribution in [3.63, 3.8) is 0 Å². The predicted molar refractivity (Wildman–Crippen MR) is 63.5 cm³/mol. The fourth-order valence-corrected chi connectivity index (χ4v) is 2.44. The Morgan fingerprint density at radius 1 is 1.69 bits per heavy atom. The number of rotatable bonds is 3. The summed E-state index contributed by atoms with van der Waals surface area (Å²) in [6.07, 6.45) is 0. The number of amides is 1. The van der Waals surface area contributed by atoms with Gasteiger partial charge in [-0.25, -0.2) is 0 Å². The van der Waals surface area contributed by atoms with Crippen LogP contribution < -0.4 is 10.6 Å². The Labute approximate surface area is 99.0 Å². The van der Waals surface area contributed by atoms with Crippen LogP contribution in [0.25, 0.3) is 0 Å². The van der Waals surface area contributed by atoms with Crippen molar-refractivity contribution in [1.82, 2.24) is 10.6 Å². The molecule has 2 heterocycles. The molecule has 1 aliphatic heterocycles. The van der Waals surface area contributed by atoms with Crippen LogP contribution in [0.3, 0.4) is 0 Å². The second-order valence-corrected chi connectivity index (χ2v) is 5.18. The topological polar surface area (TPSA) is 50.4 Å². The SMILES string of the molecule is Cc1ccc(CNC(=O)C2COCCN2)s1. The fraction of sp³-hybridized carbons (Fsp3) is 0.545. The first kappa shape index (κ1) is 11.6. The quantitative estimate of drug-likeness (QED) is 0.816. The van der Waals surface area contributed by atoms with Crippen molar-refractivity contribution in [3.8, 4) is 0 Å². The van der Waals surface area contributed by atoms with E-state index in [1.165, 1.54) is 9.75 Å². The van der Waals surface area contributed by atoms with Crippen LogP contribution in [0.4, 0.5) is 0 Å². The Balaban J connectivity index is 1.78. The number of carbonyl (C=O) groups excluding carboxylic acids is 1. The van der Waals surface area contributed by atoms with Crippen molar-refractivity contribution in [2.75, 3.05) is 19.8 Å². The third-order valence-corrected chi connectivity index (χ3v) is 3.47. The largest absolute Gasteiger partial charge is 0.378 e. The molecule has 2 rings (SSSR count). The van der Waals surface area contributed by atoms with Crippen LogP contribution in [0.1, 0.15) is 9.75 Å². The van der Waals surface area contributed by atoms with Crippen molar-refractivity contribution < 1.29 is 9.53 Å². The highest BCUT2D eigenvalue weighted by Gasteiger charge is 2.20. The summed E-state index contributed by atoms with van der Waals surface area (Å²) in [7, 11) is 0. The standard InChI is InChI=1S/C11H16N2O2S/c1-8-2-3-9(16-8)6-13-11(14)10-7-15-5-4-12-10/h2-3,10,12H,4-7H2,1H3,(H,13,14). The van der Waals surface area contributed by atoms with Gasteiger partial charge in [0.2, 0.25) is 5.91 Å². The molecule has 0 aliphatic carbocycles. The monoisotopic (exact) mass is 240 g/mol. The number of aryl methyl sites for hydroxylation is 1. The number of morpholine rings is 1. The van der Waals surface area contributed by atoms with Crippen molar-refractivity contribution in [1.29, 1.82) is 0 Å². The van der Waals surface area contributed by atoms with Gasteiger partial charge in [0.05, 0.1) is 19.8 Å². The van der Waals surface area contributed by atoms with Gasteiger partial charge in [-0.05, 0) is 19.1 Å². The second kappa shape index (κ2) is 5.43.